The molecule has 2 rings (SSSR count). The van der Waals surface area contributed by atoms with Crippen LogP contribution in [0, 0.1) is 0 Å². The van der Waals surface area contributed by atoms with Crippen LogP contribution in [0.5, 0.6) is 0 Å². The molecule has 0 aromatic heterocycles. The van der Waals surface area contributed by atoms with Crippen LogP contribution in [-0.4, -0.2) is 5.91 Å². The number of hydrogen-bond acceptors (Lipinski definition) is 2. The Morgan fingerprint density at radius 1 is 1.13 bits per heavy atom. The zero-order valence-electron chi connectivity index (χ0n) is 12.1. The predicted octanol–water partition coefficient (Wildman–Crippen LogP) is 3.62. The molecule has 2 aromatic carbocycles. The predicted molar refractivity (Wildman–Crippen MR) is 83.2 cm³/mol. The summed E-state index contributed by atoms with van der Waals surface area (Å²) in [5.74, 6) is -0.390. The smallest absolute Gasteiger partial charge is 0.399 e. The third-order valence-electron chi connectivity index (χ3n) is 3.08. The first-order chi connectivity index (χ1) is 10.8. The fourth-order valence-corrected chi connectivity index (χ4v) is 1.88. The molecule has 0 aliphatic carbocycles. The summed E-state index contributed by atoms with van der Waals surface area (Å²) in [6.07, 6.45) is -1.48. The monoisotopic (exact) mass is 320 g/mol. The molecular formula is C17H15F3N2O. The van der Waals surface area contributed by atoms with Gasteiger partial charge in [0.05, 0.1) is 5.56 Å². The number of carbonyl (C=O) groups excluding carboxylic acids is 1. The van der Waals surface area contributed by atoms with Crippen molar-refractivity contribution in [2.24, 2.45) is 0 Å². The van der Waals surface area contributed by atoms with E-state index in [1.807, 2.05) is 0 Å². The van der Waals surface area contributed by atoms with Crippen molar-refractivity contribution in [3.05, 3.63) is 71.3 Å². The molecule has 0 unspecified atom stereocenters. The van der Waals surface area contributed by atoms with E-state index in [9.17, 15) is 18.0 Å². The number of nitrogens with two attached hydrogens (primary N) is 1. The highest BCUT2D eigenvalue weighted by Crippen LogP contribution is 2.29. The van der Waals surface area contributed by atoms with Crippen molar-refractivity contribution in [3.63, 3.8) is 0 Å². The Hall–Kier alpha value is -2.76. The molecule has 0 bridgehead atoms. The summed E-state index contributed by atoms with van der Waals surface area (Å²) in [6, 6.07) is 11.8. The van der Waals surface area contributed by atoms with E-state index in [1.165, 1.54) is 18.2 Å². The number of nitrogen functional groups attached to an aromatic ring is 1. The van der Waals surface area contributed by atoms with E-state index in [4.69, 9.17) is 5.73 Å². The zero-order valence-corrected chi connectivity index (χ0v) is 12.1. The topological polar surface area (TPSA) is 55.1 Å². The van der Waals surface area contributed by atoms with Crippen molar-refractivity contribution < 1.29 is 18.0 Å². The van der Waals surface area contributed by atoms with E-state index in [0.717, 1.165) is 17.7 Å². The molecule has 6 heteroatoms. The van der Waals surface area contributed by atoms with Crippen LogP contribution in [-0.2, 0) is 17.5 Å². The number of amides is 1. The minimum Gasteiger partial charge on any atom is -0.399 e. The van der Waals surface area contributed by atoms with Crippen LogP contribution in [0.2, 0.25) is 0 Å². The van der Waals surface area contributed by atoms with Gasteiger partial charge in [-0.1, -0.05) is 24.3 Å². The minimum absolute atomic E-state index is 0.0226. The molecule has 120 valence electrons. The third-order valence-corrected chi connectivity index (χ3v) is 3.08. The van der Waals surface area contributed by atoms with Gasteiger partial charge in [0.1, 0.15) is 0 Å². The van der Waals surface area contributed by atoms with Gasteiger partial charge in [0, 0.05) is 18.3 Å². The van der Waals surface area contributed by atoms with E-state index in [1.54, 1.807) is 30.3 Å². The number of rotatable bonds is 4. The number of halogens is 3. The minimum atomic E-state index is -4.39. The second-order valence-electron chi connectivity index (χ2n) is 4.92. The lowest BCUT2D eigenvalue weighted by atomic mass is 10.1. The summed E-state index contributed by atoms with van der Waals surface area (Å²) < 4.78 is 37.8. The Balaban J connectivity index is 1.93. The number of alkyl halides is 3. The van der Waals surface area contributed by atoms with Gasteiger partial charge in [0.25, 0.3) is 0 Å². The van der Waals surface area contributed by atoms with Gasteiger partial charge < -0.3 is 11.1 Å². The van der Waals surface area contributed by atoms with Gasteiger partial charge in [-0.05, 0) is 41.5 Å². The highest BCUT2D eigenvalue weighted by Gasteiger charge is 2.30. The summed E-state index contributed by atoms with van der Waals surface area (Å²) in [7, 11) is 0. The summed E-state index contributed by atoms with van der Waals surface area (Å²) >= 11 is 0. The molecule has 0 atom stereocenters. The standard InChI is InChI=1S/C17H15F3N2O/c18-17(19,20)14-3-1-2-13(10-14)11-22-16(23)9-6-12-4-7-15(21)8-5-12/h1-10H,11,21H2,(H,22,23)/b9-6+. The first-order valence-electron chi connectivity index (χ1n) is 6.82. The van der Waals surface area contributed by atoms with Crippen LogP contribution in [0.4, 0.5) is 18.9 Å². The van der Waals surface area contributed by atoms with Gasteiger partial charge >= 0.3 is 6.18 Å². The van der Waals surface area contributed by atoms with Crippen LogP contribution >= 0.6 is 0 Å². The van der Waals surface area contributed by atoms with Crippen molar-refractivity contribution in [2.75, 3.05) is 5.73 Å². The van der Waals surface area contributed by atoms with Crippen molar-refractivity contribution in [3.8, 4) is 0 Å². The maximum absolute atomic E-state index is 12.6. The van der Waals surface area contributed by atoms with Crippen LogP contribution in [0.3, 0.4) is 0 Å². The van der Waals surface area contributed by atoms with Gasteiger partial charge in [0.2, 0.25) is 5.91 Å². The van der Waals surface area contributed by atoms with Crippen molar-refractivity contribution in [1.29, 1.82) is 0 Å². The molecule has 0 saturated carbocycles. The van der Waals surface area contributed by atoms with E-state index < -0.39 is 11.7 Å². The molecule has 0 fully saturated rings. The molecule has 0 saturated heterocycles. The van der Waals surface area contributed by atoms with Gasteiger partial charge in [-0.2, -0.15) is 13.2 Å². The van der Waals surface area contributed by atoms with E-state index >= 15 is 0 Å². The first-order valence-corrected chi connectivity index (χ1v) is 6.82. The first kappa shape index (κ1) is 16.6. The van der Waals surface area contributed by atoms with Crippen LogP contribution in [0.1, 0.15) is 16.7 Å². The Kier molecular flexibility index (Phi) is 5.05. The lowest BCUT2D eigenvalue weighted by Crippen LogP contribution is -2.20. The number of anilines is 1. The Labute approximate surface area is 131 Å². The number of nitrogens with one attached hydrogen (secondary N) is 1. The van der Waals surface area contributed by atoms with Crippen molar-refractivity contribution in [1.82, 2.24) is 5.32 Å². The fourth-order valence-electron chi connectivity index (χ4n) is 1.88. The highest BCUT2D eigenvalue weighted by molar-refractivity contribution is 5.91. The normalized spacial score (nSPS) is 11.6. The van der Waals surface area contributed by atoms with Crippen molar-refractivity contribution in [2.45, 2.75) is 12.7 Å². The van der Waals surface area contributed by atoms with Gasteiger partial charge in [-0.3, -0.25) is 4.79 Å². The molecule has 23 heavy (non-hydrogen) atoms. The zero-order chi connectivity index (χ0) is 16.9. The molecule has 0 heterocycles. The van der Waals surface area contributed by atoms with Crippen LogP contribution in [0.25, 0.3) is 6.08 Å². The fraction of sp³-hybridized carbons (Fsp3) is 0.118. The molecule has 3 nitrogen and oxygen atoms in total. The summed E-state index contributed by atoms with van der Waals surface area (Å²) in [5, 5.41) is 2.54. The lowest BCUT2D eigenvalue weighted by Gasteiger charge is -2.08. The van der Waals surface area contributed by atoms with E-state index in [2.05, 4.69) is 5.32 Å². The van der Waals surface area contributed by atoms with Gasteiger partial charge in [-0.25, -0.2) is 0 Å². The van der Waals surface area contributed by atoms with E-state index in [0.29, 0.717) is 11.3 Å². The average molecular weight is 320 g/mol. The number of benzene rings is 2. The molecule has 2 aromatic rings. The van der Waals surface area contributed by atoms with Crippen LogP contribution in [0.15, 0.2) is 54.6 Å². The molecule has 0 spiro atoms. The molecular weight excluding hydrogens is 305 g/mol. The van der Waals surface area contributed by atoms with Gasteiger partial charge in [-0.15, -0.1) is 0 Å². The quantitative estimate of drug-likeness (QED) is 0.668. The van der Waals surface area contributed by atoms with Crippen LogP contribution < -0.4 is 11.1 Å². The molecule has 0 radical (unpaired) electrons. The molecule has 3 N–H and O–H groups in total. The Morgan fingerprint density at radius 3 is 2.48 bits per heavy atom. The SMILES string of the molecule is Nc1ccc(/C=C/C(=O)NCc2cccc(C(F)(F)F)c2)cc1. The molecule has 0 aliphatic heterocycles. The Bertz CT molecular complexity index is 707. The Morgan fingerprint density at radius 2 is 1.83 bits per heavy atom. The van der Waals surface area contributed by atoms with E-state index in [-0.39, 0.29) is 12.5 Å². The highest BCUT2D eigenvalue weighted by atomic mass is 19.4. The largest absolute Gasteiger partial charge is 0.416 e. The van der Waals surface area contributed by atoms with Gasteiger partial charge in [0.15, 0.2) is 0 Å². The maximum Gasteiger partial charge on any atom is 0.416 e. The lowest BCUT2D eigenvalue weighted by molar-refractivity contribution is -0.137. The average Bonchev–Trinajstić information content (AvgIpc) is 2.52. The summed E-state index contributed by atoms with van der Waals surface area (Å²) in [4.78, 5) is 11.7. The number of carbonyl (C=O) groups is 1. The second-order valence-corrected chi connectivity index (χ2v) is 4.92. The molecule has 1 amide bonds. The molecule has 0 aliphatic rings. The number of hydrogen-bond donors (Lipinski definition) is 2. The summed E-state index contributed by atoms with van der Waals surface area (Å²) in [6.45, 7) is 0.0226. The third kappa shape index (κ3) is 5.18. The summed E-state index contributed by atoms with van der Waals surface area (Å²) in [5.41, 5.74) is 6.62. The van der Waals surface area contributed by atoms with Crippen molar-refractivity contribution >= 4 is 17.7 Å². The second kappa shape index (κ2) is 7.00. The maximum atomic E-state index is 12.6.